The number of nitrogens with two attached hydrogens (primary N) is 1. The standard InChI is InChI=1S/C27H31NO9/c1-13(28)24(32)15(3)36-12-37-22-11-27(35,16(4)30)10-20-21(31)9-19(26(34)23(20)22)25(33)18-8-6-5-7-17(18)14(2)29/h5-9,13,22,24,31-32,34-35H,3,10-12,28H2,1-2,4H3/t13-,22-,24-,27-/m0/s1. The van der Waals surface area contributed by atoms with Crippen LogP contribution in [-0.2, 0) is 20.7 Å². The van der Waals surface area contributed by atoms with Crippen molar-refractivity contribution in [2.45, 2.75) is 57.5 Å². The van der Waals surface area contributed by atoms with Crippen LogP contribution >= 0.6 is 0 Å². The number of hydrogen-bond acceptors (Lipinski definition) is 10. The van der Waals surface area contributed by atoms with Crippen molar-refractivity contribution < 1.29 is 44.3 Å². The summed E-state index contributed by atoms with van der Waals surface area (Å²) >= 11 is 0. The first-order valence-electron chi connectivity index (χ1n) is 11.6. The number of rotatable bonds is 10. The summed E-state index contributed by atoms with van der Waals surface area (Å²) in [6, 6.07) is 6.44. The van der Waals surface area contributed by atoms with Crippen LogP contribution in [0.1, 0.15) is 70.7 Å². The number of carbonyl (C=O) groups is 3. The van der Waals surface area contributed by atoms with Crippen LogP contribution in [0.3, 0.4) is 0 Å². The molecule has 6 N–H and O–H groups in total. The zero-order valence-corrected chi connectivity index (χ0v) is 20.9. The van der Waals surface area contributed by atoms with Crippen LogP contribution in [0.15, 0.2) is 42.7 Å². The molecule has 1 aliphatic rings. The van der Waals surface area contributed by atoms with Crippen LogP contribution in [0.5, 0.6) is 11.5 Å². The molecule has 0 fully saturated rings. The summed E-state index contributed by atoms with van der Waals surface area (Å²) < 4.78 is 11.0. The van der Waals surface area contributed by atoms with Gasteiger partial charge in [-0.05, 0) is 26.8 Å². The van der Waals surface area contributed by atoms with Gasteiger partial charge >= 0.3 is 0 Å². The third-order valence-electron chi connectivity index (χ3n) is 6.53. The Morgan fingerprint density at radius 3 is 2.35 bits per heavy atom. The van der Waals surface area contributed by atoms with E-state index in [9.17, 15) is 34.8 Å². The van der Waals surface area contributed by atoms with Crippen molar-refractivity contribution in [2.24, 2.45) is 5.73 Å². The van der Waals surface area contributed by atoms with E-state index in [0.717, 1.165) is 6.07 Å². The van der Waals surface area contributed by atoms with Gasteiger partial charge in [-0.1, -0.05) is 30.8 Å². The monoisotopic (exact) mass is 513 g/mol. The molecule has 37 heavy (non-hydrogen) atoms. The maximum atomic E-state index is 13.4. The van der Waals surface area contributed by atoms with Crippen LogP contribution in [0, 0.1) is 0 Å². The maximum absolute atomic E-state index is 13.4. The smallest absolute Gasteiger partial charge is 0.197 e. The van der Waals surface area contributed by atoms with E-state index in [1.807, 2.05) is 0 Å². The first-order chi connectivity index (χ1) is 17.3. The highest BCUT2D eigenvalue weighted by molar-refractivity contribution is 6.16. The Bertz CT molecular complexity index is 1250. The third-order valence-corrected chi connectivity index (χ3v) is 6.53. The fourth-order valence-electron chi connectivity index (χ4n) is 4.31. The second kappa shape index (κ2) is 10.8. The van der Waals surface area contributed by atoms with Crippen molar-refractivity contribution in [3.63, 3.8) is 0 Å². The summed E-state index contributed by atoms with van der Waals surface area (Å²) in [5.41, 5.74) is 3.61. The Morgan fingerprint density at radius 2 is 1.78 bits per heavy atom. The van der Waals surface area contributed by atoms with E-state index in [0.29, 0.717) is 0 Å². The van der Waals surface area contributed by atoms with Gasteiger partial charge in [-0.2, -0.15) is 0 Å². The van der Waals surface area contributed by atoms with Gasteiger partial charge in [-0.3, -0.25) is 14.4 Å². The Hall–Kier alpha value is -3.57. The number of hydrogen-bond donors (Lipinski definition) is 5. The van der Waals surface area contributed by atoms with Crippen molar-refractivity contribution in [1.29, 1.82) is 0 Å². The SMILES string of the molecule is C=C(OCO[C@H]1C[C@](O)(C(C)=O)Cc2c(O)cc(C(=O)c3ccccc3C(C)=O)c(O)c21)[C@@H](O)[C@H](C)N. The molecule has 2 aromatic carbocycles. The first-order valence-corrected chi connectivity index (χ1v) is 11.6. The third kappa shape index (κ3) is 5.57. The van der Waals surface area contributed by atoms with Gasteiger partial charge in [0.25, 0.3) is 0 Å². The van der Waals surface area contributed by atoms with Gasteiger partial charge in [0.1, 0.15) is 29.0 Å². The molecular weight excluding hydrogens is 482 g/mol. The van der Waals surface area contributed by atoms with Gasteiger partial charge in [0.2, 0.25) is 0 Å². The van der Waals surface area contributed by atoms with Crippen molar-refractivity contribution in [2.75, 3.05) is 6.79 Å². The molecule has 198 valence electrons. The van der Waals surface area contributed by atoms with Crippen molar-refractivity contribution in [3.05, 3.63) is 70.5 Å². The number of aromatic hydroxyl groups is 2. The van der Waals surface area contributed by atoms with E-state index in [-0.39, 0.29) is 52.2 Å². The fraction of sp³-hybridized carbons (Fsp3) is 0.370. The fourth-order valence-corrected chi connectivity index (χ4v) is 4.31. The minimum absolute atomic E-state index is 0.00321. The number of phenols is 2. The van der Waals surface area contributed by atoms with Crippen LogP contribution in [-0.4, -0.2) is 62.3 Å². The van der Waals surface area contributed by atoms with E-state index < -0.39 is 53.7 Å². The lowest BCUT2D eigenvalue weighted by Crippen LogP contribution is -2.44. The van der Waals surface area contributed by atoms with Crippen molar-refractivity contribution >= 4 is 17.3 Å². The molecule has 0 aromatic heterocycles. The first kappa shape index (κ1) is 28.0. The van der Waals surface area contributed by atoms with Gasteiger partial charge in [0, 0.05) is 41.1 Å². The Labute approximate surface area is 213 Å². The molecule has 0 aliphatic heterocycles. The highest BCUT2D eigenvalue weighted by Gasteiger charge is 2.45. The molecule has 1 aliphatic carbocycles. The topological polar surface area (TPSA) is 177 Å². The lowest BCUT2D eigenvalue weighted by Gasteiger charge is -2.37. The number of fused-ring (bicyclic) bond motifs is 1. The number of Topliss-reactive ketones (excluding diaryl/α,β-unsaturated/α-hetero) is 2. The molecule has 3 rings (SSSR count). The van der Waals surface area contributed by atoms with E-state index in [1.54, 1.807) is 19.1 Å². The Kier molecular flexibility index (Phi) is 8.19. The second-order valence-corrected chi connectivity index (χ2v) is 9.27. The minimum atomic E-state index is -1.92. The maximum Gasteiger partial charge on any atom is 0.197 e. The molecular formula is C27H31NO9. The summed E-state index contributed by atoms with van der Waals surface area (Å²) in [4.78, 5) is 37.7. The Morgan fingerprint density at radius 1 is 1.16 bits per heavy atom. The summed E-state index contributed by atoms with van der Waals surface area (Å²) in [6.45, 7) is 7.12. The molecule has 0 amide bonds. The molecule has 0 bridgehead atoms. The number of benzene rings is 2. The summed E-state index contributed by atoms with van der Waals surface area (Å²) in [5.74, 6) is -2.70. The van der Waals surface area contributed by atoms with Crippen LogP contribution in [0.25, 0.3) is 0 Å². The summed E-state index contributed by atoms with van der Waals surface area (Å²) in [5, 5.41) is 42.9. The molecule has 0 unspecified atom stereocenters. The zero-order valence-electron chi connectivity index (χ0n) is 20.9. The molecule has 10 heteroatoms. The number of ketones is 3. The predicted octanol–water partition coefficient (Wildman–Crippen LogP) is 2.05. The van der Waals surface area contributed by atoms with Gasteiger partial charge in [-0.15, -0.1) is 0 Å². The van der Waals surface area contributed by atoms with Crippen molar-refractivity contribution in [3.8, 4) is 11.5 Å². The second-order valence-electron chi connectivity index (χ2n) is 9.27. The van der Waals surface area contributed by atoms with Crippen LogP contribution in [0.2, 0.25) is 0 Å². The van der Waals surface area contributed by atoms with E-state index in [4.69, 9.17) is 15.2 Å². The molecule has 10 nitrogen and oxygen atoms in total. The average Bonchev–Trinajstić information content (AvgIpc) is 2.84. The Balaban J connectivity index is 2.05. The molecule has 0 saturated heterocycles. The van der Waals surface area contributed by atoms with Crippen LogP contribution < -0.4 is 5.73 Å². The van der Waals surface area contributed by atoms with E-state index in [1.165, 1.54) is 26.0 Å². The zero-order chi connectivity index (χ0) is 27.7. The number of aliphatic hydroxyl groups excluding tert-OH is 1. The number of aliphatic hydroxyl groups is 2. The molecule has 0 heterocycles. The largest absolute Gasteiger partial charge is 0.508 e. The van der Waals surface area contributed by atoms with Crippen molar-refractivity contribution in [1.82, 2.24) is 0 Å². The van der Waals surface area contributed by atoms with Gasteiger partial charge in [0.05, 0.1) is 11.7 Å². The predicted molar refractivity (Wildman–Crippen MR) is 132 cm³/mol. The lowest BCUT2D eigenvalue weighted by atomic mass is 9.75. The lowest BCUT2D eigenvalue weighted by molar-refractivity contribution is -0.147. The average molecular weight is 514 g/mol. The van der Waals surface area contributed by atoms with Gasteiger partial charge in [0.15, 0.2) is 24.1 Å². The highest BCUT2D eigenvalue weighted by atomic mass is 16.7. The molecule has 0 spiro atoms. The molecule has 0 radical (unpaired) electrons. The van der Waals surface area contributed by atoms with Gasteiger partial charge in [-0.25, -0.2) is 0 Å². The molecule has 4 atom stereocenters. The quantitative estimate of drug-likeness (QED) is 0.137. The minimum Gasteiger partial charge on any atom is -0.508 e. The number of carbonyl (C=O) groups excluding carboxylic acids is 3. The summed E-state index contributed by atoms with van der Waals surface area (Å²) in [7, 11) is 0. The number of ether oxygens (including phenoxy) is 2. The van der Waals surface area contributed by atoms with E-state index >= 15 is 0 Å². The van der Waals surface area contributed by atoms with Crippen LogP contribution in [0.4, 0.5) is 0 Å². The molecule has 2 aromatic rings. The molecule has 0 saturated carbocycles. The number of phenolic OH excluding ortho intramolecular Hbond substituents is 2. The normalized spacial score (nSPS) is 20.4. The highest BCUT2D eigenvalue weighted by Crippen LogP contribution is 2.48. The summed E-state index contributed by atoms with van der Waals surface area (Å²) in [6.07, 6.45) is -3.01. The van der Waals surface area contributed by atoms with E-state index in [2.05, 4.69) is 6.58 Å². The van der Waals surface area contributed by atoms with Gasteiger partial charge < -0.3 is 35.6 Å².